The fourth-order valence-corrected chi connectivity index (χ4v) is 4.53. The van der Waals surface area contributed by atoms with Crippen molar-refractivity contribution in [1.82, 2.24) is 19.7 Å². The predicted octanol–water partition coefficient (Wildman–Crippen LogP) is 2.76. The summed E-state index contributed by atoms with van der Waals surface area (Å²) >= 11 is 3.29. The number of sulfonamides is 1. The van der Waals surface area contributed by atoms with Gasteiger partial charge in [-0.15, -0.1) is 0 Å². The summed E-state index contributed by atoms with van der Waals surface area (Å²) in [6.07, 6.45) is 3.12. The lowest BCUT2D eigenvalue weighted by molar-refractivity contribution is 0.444. The van der Waals surface area contributed by atoms with Crippen LogP contribution < -0.4 is 4.72 Å². The number of nitrogens with one attached hydrogen (secondary N) is 1. The zero-order chi connectivity index (χ0) is 17.0. The van der Waals surface area contributed by atoms with E-state index in [-0.39, 0.29) is 4.90 Å². The molecule has 0 spiro atoms. The zero-order valence-corrected chi connectivity index (χ0v) is 15.0. The molecule has 1 aromatic heterocycles. The first-order valence-electron chi connectivity index (χ1n) is 7.22. The highest BCUT2D eigenvalue weighted by Gasteiger charge is 2.24. The molecule has 24 heavy (non-hydrogen) atoms. The van der Waals surface area contributed by atoms with Gasteiger partial charge in [-0.1, -0.05) is 42.5 Å². The van der Waals surface area contributed by atoms with Crippen LogP contribution in [0, 0.1) is 0 Å². The Hall–Kier alpha value is -2.03. The molecule has 124 valence electrons. The van der Waals surface area contributed by atoms with Crippen LogP contribution in [0.15, 0.2) is 76.4 Å². The van der Waals surface area contributed by atoms with Crippen molar-refractivity contribution in [3.8, 4) is 0 Å². The maximum absolute atomic E-state index is 12.8. The van der Waals surface area contributed by atoms with Crippen molar-refractivity contribution in [3.05, 3.63) is 77.0 Å². The Bertz CT molecular complexity index is 899. The Morgan fingerprint density at radius 3 is 2.29 bits per heavy atom. The Balaban J connectivity index is 1.93. The van der Waals surface area contributed by atoms with Gasteiger partial charge >= 0.3 is 0 Å². The summed E-state index contributed by atoms with van der Waals surface area (Å²) in [6.45, 7) is 0.292. The van der Waals surface area contributed by atoms with E-state index in [1.165, 1.54) is 4.80 Å². The average molecular weight is 407 g/mol. The van der Waals surface area contributed by atoms with Gasteiger partial charge in [0.05, 0.1) is 29.9 Å². The van der Waals surface area contributed by atoms with E-state index in [0.717, 1.165) is 5.56 Å². The molecule has 0 saturated heterocycles. The molecule has 0 fully saturated rings. The largest absolute Gasteiger partial charge is 0.242 e. The highest BCUT2D eigenvalue weighted by molar-refractivity contribution is 9.10. The second-order valence-corrected chi connectivity index (χ2v) is 7.64. The summed E-state index contributed by atoms with van der Waals surface area (Å²) in [5.74, 6) is 0. The second-order valence-electron chi connectivity index (χ2n) is 5.10. The molecular formula is C16H15BrN4O2S. The maximum Gasteiger partial charge on any atom is 0.242 e. The van der Waals surface area contributed by atoms with Crippen LogP contribution in [0.5, 0.6) is 0 Å². The normalized spacial score (nSPS) is 12.9. The number of hydrogen-bond acceptors (Lipinski definition) is 4. The number of halogens is 1. The van der Waals surface area contributed by atoms with E-state index in [1.807, 2.05) is 30.3 Å². The molecule has 0 amide bonds. The summed E-state index contributed by atoms with van der Waals surface area (Å²) in [7, 11) is -3.71. The number of nitrogens with zero attached hydrogens (tertiary/aromatic N) is 3. The third kappa shape index (κ3) is 3.89. The molecule has 1 N–H and O–H groups in total. The van der Waals surface area contributed by atoms with Crippen LogP contribution in [-0.4, -0.2) is 23.4 Å². The summed E-state index contributed by atoms with van der Waals surface area (Å²) in [4.78, 5) is 1.65. The Labute approximate surface area is 148 Å². The van der Waals surface area contributed by atoms with Gasteiger partial charge in [0.2, 0.25) is 10.0 Å². The molecule has 0 saturated carbocycles. The van der Waals surface area contributed by atoms with Crippen molar-refractivity contribution >= 4 is 26.0 Å². The van der Waals surface area contributed by atoms with Crippen LogP contribution in [0.2, 0.25) is 0 Å². The van der Waals surface area contributed by atoms with Gasteiger partial charge in [-0.2, -0.15) is 15.0 Å². The standard InChI is InChI=1S/C16H15BrN4O2S/c17-14-8-4-5-9-16(14)24(22,23)20-15(12-21-18-10-11-19-21)13-6-2-1-3-7-13/h1-11,15,20H,12H2/t15-/m0/s1. The molecule has 1 atom stereocenters. The molecule has 8 heteroatoms. The minimum absolute atomic E-state index is 0.194. The quantitative estimate of drug-likeness (QED) is 0.682. The lowest BCUT2D eigenvalue weighted by Gasteiger charge is -2.19. The third-order valence-electron chi connectivity index (χ3n) is 3.44. The van der Waals surface area contributed by atoms with Crippen LogP contribution in [0.4, 0.5) is 0 Å². The number of hydrogen-bond donors (Lipinski definition) is 1. The Kier molecular flexibility index (Phi) is 5.08. The van der Waals surface area contributed by atoms with Crippen LogP contribution in [0.3, 0.4) is 0 Å². The molecule has 0 aliphatic heterocycles. The van der Waals surface area contributed by atoms with Crippen LogP contribution in [0.25, 0.3) is 0 Å². The fourth-order valence-electron chi connectivity index (χ4n) is 2.31. The Morgan fingerprint density at radius 2 is 1.62 bits per heavy atom. The van der Waals surface area contributed by atoms with Gasteiger partial charge in [-0.05, 0) is 33.6 Å². The molecule has 1 heterocycles. The van der Waals surface area contributed by atoms with Crippen LogP contribution in [0.1, 0.15) is 11.6 Å². The smallest absolute Gasteiger partial charge is 0.207 e. The Morgan fingerprint density at radius 1 is 1.00 bits per heavy atom. The summed E-state index contributed by atoms with van der Waals surface area (Å²) < 4.78 is 28.8. The fraction of sp³-hybridized carbons (Fsp3) is 0.125. The van der Waals surface area contributed by atoms with E-state index in [4.69, 9.17) is 0 Å². The van der Waals surface area contributed by atoms with Crippen molar-refractivity contribution in [3.63, 3.8) is 0 Å². The van der Waals surface area contributed by atoms with Gasteiger partial charge in [0.25, 0.3) is 0 Å². The molecule has 0 bridgehead atoms. The topological polar surface area (TPSA) is 76.9 Å². The van der Waals surface area contributed by atoms with Crippen molar-refractivity contribution in [2.45, 2.75) is 17.5 Å². The number of benzene rings is 2. The van der Waals surface area contributed by atoms with Gasteiger partial charge in [0, 0.05) is 4.47 Å². The first-order valence-corrected chi connectivity index (χ1v) is 9.50. The van der Waals surface area contributed by atoms with E-state index in [1.54, 1.807) is 36.7 Å². The molecule has 0 aliphatic carbocycles. The van der Waals surface area contributed by atoms with Crippen LogP contribution >= 0.6 is 15.9 Å². The van der Waals surface area contributed by atoms with Crippen molar-refractivity contribution in [1.29, 1.82) is 0 Å². The van der Waals surface area contributed by atoms with Crippen molar-refractivity contribution in [2.24, 2.45) is 0 Å². The molecule has 0 aliphatic rings. The molecule has 3 aromatic rings. The van der Waals surface area contributed by atoms with Gasteiger partial charge in [-0.3, -0.25) is 0 Å². The molecule has 0 radical (unpaired) electrons. The molecule has 3 rings (SSSR count). The molecule has 0 unspecified atom stereocenters. The number of aromatic nitrogens is 3. The van der Waals surface area contributed by atoms with Crippen LogP contribution in [-0.2, 0) is 16.6 Å². The van der Waals surface area contributed by atoms with E-state index >= 15 is 0 Å². The monoisotopic (exact) mass is 406 g/mol. The molecular weight excluding hydrogens is 392 g/mol. The third-order valence-corrected chi connectivity index (χ3v) is 5.92. The molecule has 6 nitrogen and oxygen atoms in total. The molecule has 2 aromatic carbocycles. The highest BCUT2D eigenvalue weighted by Crippen LogP contribution is 2.24. The minimum Gasteiger partial charge on any atom is -0.207 e. The summed E-state index contributed by atoms with van der Waals surface area (Å²) in [6, 6.07) is 15.6. The van der Waals surface area contributed by atoms with E-state index in [9.17, 15) is 8.42 Å². The van der Waals surface area contributed by atoms with Crippen molar-refractivity contribution in [2.75, 3.05) is 0 Å². The highest BCUT2D eigenvalue weighted by atomic mass is 79.9. The van der Waals surface area contributed by atoms with E-state index in [2.05, 4.69) is 30.8 Å². The summed E-state index contributed by atoms with van der Waals surface area (Å²) in [5.41, 5.74) is 0.838. The number of rotatable bonds is 6. The van der Waals surface area contributed by atoms with Gasteiger partial charge in [-0.25, -0.2) is 13.1 Å². The SMILES string of the molecule is O=S(=O)(N[C@@H](Cn1nccn1)c1ccccc1)c1ccccc1Br. The zero-order valence-electron chi connectivity index (χ0n) is 12.6. The van der Waals surface area contributed by atoms with E-state index in [0.29, 0.717) is 11.0 Å². The lowest BCUT2D eigenvalue weighted by Crippen LogP contribution is -2.32. The first-order chi connectivity index (χ1) is 11.6. The van der Waals surface area contributed by atoms with Gasteiger partial charge < -0.3 is 0 Å². The van der Waals surface area contributed by atoms with Gasteiger partial charge in [0.1, 0.15) is 0 Å². The lowest BCUT2D eigenvalue weighted by atomic mass is 10.1. The van der Waals surface area contributed by atoms with E-state index < -0.39 is 16.1 Å². The van der Waals surface area contributed by atoms with Crippen molar-refractivity contribution < 1.29 is 8.42 Å². The minimum atomic E-state index is -3.71. The summed E-state index contributed by atoms with van der Waals surface area (Å²) in [5, 5.41) is 8.13. The average Bonchev–Trinajstić information content (AvgIpc) is 3.08. The maximum atomic E-state index is 12.8. The second kappa shape index (κ2) is 7.25. The first kappa shape index (κ1) is 16.8. The van der Waals surface area contributed by atoms with Gasteiger partial charge in [0.15, 0.2) is 0 Å². The predicted molar refractivity (Wildman–Crippen MR) is 93.7 cm³/mol.